The molecule has 168 valence electrons. The van der Waals surface area contributed by atoms with E-state index in [2.05, 4.69) is 21.2 Å². The zero-order valence-corrected chi connectivity index (χ0v) is 20.8. The van der Waals surface area contributed by atoms with Gasteiger partial charge in [0.1, 0.15) is 11.8 Å². The van der Waals surface area contributed by atoms with E-state index in [1.165, 1.54) is 0 Å². The number of hydrogen-bond acceptors (Lipinski definition) is 3. The second kappa shape index (κ2) is 12.1. The average Bonchev–Trinajstić information content (AvgIpc) is 2.72. The summed E-state index contributed by atoms with van der Waals surface area (Å²) >= 11 is 9.56. The molecule has 0 spiro atoms. The molecule has 0 saturated carbocycles. The molecule has 1 atom stereocenters. The smallest absolute Gasteiger partial charge is 0.261 e. The minimum absolute atomic E-state index is 0.153. The second-order valence-electron chi connectivity index (χ2n) is 7.87. The molecule has 2 aromatic rings. The first kappa shape index (κ1) is 25.2. The number of hydrogen-bond donors (Lipinski definition) is 1. The molecule has 0 aliphatic carbocycles. The van der Waals surface area contributed by atoms with E-state index in [9.17, 15) is 9.59 Å². The van der Waals surface area contributed by atoms with Gasteiger partial charge in [0.15, 0.2) is 6.61 Å². The summed E-state index contributed by atoms with van der Waals surface area (Å²) in [5.74, 6) is 0.324. The molecule has 2 rings (SSSR count). The van der Waals surface area contributed by atoms with Crippen molar-refractivity contribution in [2.24, 2.45) is 5.92 Å². The standard InChI is InChI=1S/C24H30BrClN2O3/c1-5-21(24(30)27-13-16(2)3)28(14-18-9-7-6-8-17(18)4)23(29)15-31-22-11-10-19(25)12-20(22)26/h6-12,16,21H,5,13-15H2,1-4H3,(H,27,30)/t21-/m1/s1. The van der Waals surface area contributed by atoms with Gasteiger partial charge in [-0.2, -0.15) is 0 Å². The highest BCUT2D eigenvalue weighted by molar-refractivity contribution is 9.10. The molecule has 0 heterocycles. The first-order chi connectivity index (χ1) is 14.7. The summed E-state index contributed by atoms with van der Waals surface area (Å²) in [4.78, 5) is 27.7. The topological polar surface area (TPSA) is 58.6 Å². The highest BCUT2D eigenvalue weighted by Gasteiger charge is 2.29. The van der Waals surface area contributed by atoms with E-state index in [4.69, 9.17) is 16.3 Å². The van der Waals surface area contributed by atoms with Gasteiger partial charge in [0, 0.05) is 17.6 Å². The Labute approximate surface area is 198 Å². The Bertz CT molecular complexity index is 904. The maximum Gasteiger partial charge on any atom is 0.261 e. The van der Waals surface area contributed by atoms with Gasteiger partial charge in [-0.1, -0.05) is 72.6 Å². The molecule has 7 heteroatoms. The minimum atomic E-state index is -0.588. The summed E-state index contributed by atoms with van der Waals surface area (Å²) < 4.78 is 6.52. The lowest BCUT2D eigenvalue weighted by molar-refractivity contribution is -0.143. The number of halogens is 2. The molecular formula is C24H30BrClN2O3. The van der Waals surface area contributed by atoms with E-state index in [1.54, 1.807) is 23.1 Å². The lowest BCUT2D eigenvalue weighted by atomic mass is 10.1. The zero-order valence-electron chi connectivity index (χ0n) is 18.5. The van der Waals surface area contributed by atoms with E-state index < -0.39 is 6.04 Å². The summed E-state index contributed by atoms with van der Waals surface area (Å²) in [5.41, 5.74) is 2.06. The van der Waals surface area contributed by atoms with Crippen LogP contribution in [0.4, 0.5) is 0 Å². The zero-order chi connectivity index (χ0) is 23.0. The molecule has 2 aromatic carbocycles. The number of amides is 2. The molecule has 5 nitrogen and oxygen atoms in total. The van der Waals surface area contributed by atoms with Crippen LogP contribution in [0.25, 0.3) is 0 Å². The normalized spacial score (nSPS) is 11.8. The van der Waals surface area contributed by atoms with Crippen LogP contribution in [0.3, 0.4) is 0 Å². The van der Waals surface area contributed by atoms with Gasteiger partial charge >= 0.3 is 0 Å². The van der Waals surface area contributed by atoms with Crippen LogP contribution >= 0.6 is 27.5 Å². The number of nitrogens with zero attached hydrogens (tertiary/aromatic N) is 1. The van der Waals surface area contributed by atoms with E-state index >= 15 is 0 Å². The van der Waals surface area contributed by atoms with Crippen LogP contribution in [-0.2, 0) is 16.1 Å². The van der Waals surface area contributed by atoms with Crippen LogP contribution in [0.15, 0.2) is 46.9 Å². The molecule has 0 aromatic heterocycles. The minimum Gasteiger partial charge on any atom is -0.482 e. The van der Waals surface area contributed by atoms with Crippen molar-refractivity contribution >= 4 is 39.3 Å². The fourth-order valence-corrected chi connectivity index (χ4v) is 3.86. The van der Waals surface area contributed by atoms with Gasteiger partial charge in [0.2, 0.25) is 5.91 Å². The van der Waals surface area contributed by atoms with Crippen molar-refractivity contribution in [3.63, 3.8) is 0 Å². The van der Waals surface area contributed by atoms with Gasteiger partial charge < -0.3 is 15.0 Å². The molecule has 31 heavy (non-hydrogen) atoms. The van der Waals surface area contributed by atoms with Crippen LogP contribution in [0.5, 0.6) is 5.75 Å². The number of nitrogens with one attached hydrogen (secondary N) is 1. The van der Waals surface area contributed by atoms with Crippen LogP contribution in [0.2, 0.25) is 5.02 Å². The van der Waals surface area contributed by atoms with Gasteiger partial charge in [-0.05, 0) is 48.6 Å². The first-order valence-electron chi connectivity index (χ1n) is 10.4. The monoisotopic (exact) mass is 508 g/mol. The van der Waals surface area contributed by atoms with Crippen LogP contribution in [0, 0.1) is 12.8 Å². The van der Waals surface area contributed by atoms with Gasteiger partial charge in [0.25, 0.3) is 5.91 Å². The van der Waals surface area contributed by atoms with E-state index in [0.29, 0.717) is 36.2 Å². The maximum absolute atomic E-state index is 13.2. The van der Waals surface area contributed by atoms with Gasteiger partial charge in [-0.25, -0.2) is 0 Å². The Morgan fingerprint density at radius 3 is 2.52 bits per heavy atom. The fraction of sp³-hybridized carbons (Fsp3) is 0.417. The summed E-state index contributed by atoms with van der Waals surface area (Å²) in [6, 6.07) is 12.5. The Morgan fingerprint density at radius 2 is 1.90 bits per heavy atom. The molecular weight excluding hydrogens is 480 g/mol. The van der Waals surface area contributed by atoms with Crippen molar-refractivity contribution in [2.45, 2.75) is 46.7 Å². The molecule has 0 unspecified atom stereocenters. The van der Waals surface area contributed by atoms with Crippen molar-refractivity contribution in [3.05, 3.63) is 63.1 Å². The fourth-order valence-electron chi connectivity index (χ4n) is 3.13. The van der Waals surface area contributed by atoms with E-state index in [-0.39, 0.29) is 18.4 Å². The number of benzene rings is 2. The van der Waals surface area contributed by atoms with E-state index in [0.717, 1.165) is 15.6 Å². The molecule has 0 radical (unpaired) electrons. The van der Waals surface area contributed by atoms with Gasteiger partial charge in [-0.3, -0.25) is 9.59 Å². The number of rotatable bonds is 10. The van der Waals surface area contributed by atoms with Crippen molar-refractivity contribution in [1.82, 2.24) is 10.2 Å². The van der Waals surface area contributed by atoms with Crippen molar-refractivity contribution in [3.8, 4) is 5.75 Å². The van der Waals surface area contributed by atoms with Crippen molar-refractivity contribution in [1.29, 1.82) is 0 Å². The van der Waals surface area contributed by atoms with Crippen LogP contribution < -0.4 is 10.1 Å². The molecule has 0 aliphatic rings. The predicted octanol–water partition coefficient (Wildman–Crippen LogP) is 5.37. The summed E-state index contributed by atoms with van der Waals surface area (Å²) in [6.07, 6.45) is 0.501. The second-order valence-corrected chi connectivity index (χ2v) is 9.20. The maximum atomic E-state index is 13.2. The third-order valence-electron chi connectivity index (χ3n) is 4.92. The lowest BCUT2D eigenvalue weighted by Gasteiger charge is -2.31. The Morgan fingerprint density at radius 1 is 1.19 bits per heavy atom. The van der Waals surface area contributed by atoms with Gasteiger partial charge in [0.05, 0.1) is 5.02 Å². The summed E-state index contributed by atoms with van der Waals surface area (Å²) in [7, 11) is 0. The van der Waals surface area contributed by atoms with Gasteiger partial charge in [-0.15, -0.1) is 0 Å². The lowest BCUT2D eigenvalue weighted by Crippen LogP contribution is -2.50. The molecule has 2 amide bonds. The van der Waals surface area contributed by atoms with E-state index in [1.807, 2.05) is 52.0 Å². The highest BCUT2D eigenvalue weighted by Crippen LogP contribution is 2.28. The number of carbonyl (C=O) groups is 2. The summed E-state index contributed by atoms with van der Waals surface area (Å²) in [5, 5.41) is 3.37. The third kappa shape index (κ3) is 7.54. The van der Waals surface area contributed by atoms with Crippen LogP contribution in [-0.4, -0.2) is 35.9 Å². The molecule has 0 saturated heterocycles. The third-order valence-corrected chi connectivity index (χ3v) is 5.71. The average molecular weight is 510 g/mol. The van der Waals surface area contributed by atoms with Crippen molar-refractivity contribution < 1.29 is 14.3 Å². The number of carbonyl (C=O) groups excluding carboxylic acids is 2. The molecule has 0 bridgehead atoms. The summed E-state index contributed by atoms with van der Waals surface area (Å²) in [6.45, 7) is 8.66. The Kier molecular flexibility index (Phi) is 9.85. The molecule has 1 N–H and O–H groups in total. The van der Waals surface area contributed by atoms with Crippen molar-refractivity contribution in [2.75, 3.05) is 13.2 Å². The highest BCUT2D eigenvalue weighted by atomic mass is 79.9. The molecule has 0 aliphatic heterocycles. The largest absolute Gasteiger partial charge is 0.482 e. The Balaban J connectivity index is 2.23. The first-order valence-corrected chi connectivity index (χ1v) is 11.6. The quantitative estimate of drug-likeness (QED) is 0.468. The van der Waals surface area contributed by atoms with Crippen LogP contribution in [0.1, 0.15) is 38.3 Å². The molecule has 0 fully saturated rings. The number of ether oxygens (including phenoxy) is 1. The SMILES string of the molecule is CC[C@H](C(=O)NCC(C)C)N(Cc1ccccc1C)C(=O)COc1ccc(Br)cc1Cl. The number of aryl methyl sites for hydroxylation is 1. The Hall–Kier alpha value is -2.05. The predicted molar refractivity (Wildman–Crippen MR) is 128 cm³/mol.